The highest BCUT2D eigenvalue weighted by Gasteiger charge is 2.42. The molecular weight excluding hydrogens is 546 g/mol. The van der Waals surface area contributed by atoms with E-state index in [0.717, 1.165) is 11.3 Å². The van der Waals surface area contributed by atoms with Crippen molar-refractivity contribution in [2.75, 3.05) is 7.11 Å². The second kappa shape index (κ2) is 10.7. The summed E-state index contributed by atoms with van der Waals surface area (Å²) in [7, 11) is 1.46. The van der Waals surface area contributed by atoms with Crippen molar-refractivity contribution in [3.8, 4) is 11.5 Å². The Hall–Kier alpha value is -2.77. The summed E-state index contributed by atoms with van der Waals surface area (Å²) in [5.41, 5.74) is 4.04. The van der Waals surface area contributed by atoms with E-state index in [1.54, 1.807) is 12.1 Å². The third-order valence-electron chi connectivity index (χ3n) is 6.88. The number of allylic oxidation sites excluding steroid dienone is 3. The smallest absolute Gasteiger partial charge is 0.337 e. The highest BCUT2D eigenvalue weighted by atomic mass is 79.9. The Morgan fingerprint density at radius 1 is 1.22 bits per heavy atom. The zero-order chi connectivity index (χ0) is 26.1. The molecule has 190 valence electrons. The number of rotatable bonds is 6. The van der Waals surface area contributed by atoms with Crippen LogP contribution < -0.4 is 10.1 Å². The molecule has 1 aliphatic carbocycles. The van der Waals surface area contributed by atoms with E-state index in [9.17, 15) is 14.7 Å². The Bertz CT molecular complexity index is 1270. The number of hydrogen-bond acceptors (Lipinski definition) is 6. The summed E-state index contributed by atoms with van der Waals surface area (Å²) in [6.45, 7) is 5.61. The Kier molecular flexibility index (Phi) is 7.81. The summed E-state index contributed by atoms with van der Waals surface area (Å²) >= 11 is 9.45. The number of methoxy groups -OCH3 is 1. The van der Waals surface area contributed by atoms with Crippen molar-refractivity contribution < 1.29 is 24.2 Å². The van der Waals surface area contributed by atoms with Crippen LogP contribution in [0.15, 0.2) is 63.4 Å². The van der Waals surface area contributed by atoms with Crippen LogP contribution in [0.1, 0.15) is 63.0 Å². The van der Waals surface area contributed by atoms with Gasteiger partial charge in [0.1, 0.15) is 0 Å². The first kappa shape index (κ1) is 26.3. The van der Waals surface area contributed by atoms with Crippen LogP contribution >= 0.6 is 27.5 Å². The maximum absolute atomic E-state index is 13.7. The van der Waals surface area contributed by atoms with Crippen molar-refractivity contribution >= 4 is 39.3 Å². The number of phenolic OH excluding ortho intramolecular Hbond substituents is 1. The summed E-state index contributed by atoms with van der Waals surface area (Å²) in [6, 6.07) is 11.0. The van der Waals surface area contributed by atoms with E-state index in [4.69, 9.17) is 21.1 Å². The first-order valence-electron chi connectivity index (χ1n) is 11.9. The topological polar surface area (TPSA) is 84.9 Å². The van der Waals surface area contributed by atoms with Crippen LogP contribution in [-0.4, -0.2) is 30.1 Å². The van der Waals surface area contributed by atoms with Gasteiger partial charge in [0.15, 0.2) is 17.3 Å². The lowest BCUT2D eigenvalue weighted by Gasteiger charge is -2.37. The molecule has 1 heterocycles. The van der Waals surface area contributed by atoms with Crippen molar-refractivity contribution in [3.63, 3.8) is 0 Å². The molecule has 3 atom stereocenters. The molecular formula is C28H29BrClNO5. The third-order valence-corrected chi connectivity index (χ3v) is 7.73. The summed E-state index contributed by atoms with van der Waals surface area (Å²) < 4.78 is 11.5. The van der Waals surface area contributed by atoms with Crippen LogP contribution in [0.25, 0.3) is 0 Å². The second-order valence-corrected chi connectivity index (χ2v) is 10.5. The van der Waals surface area contributed by atoms with Crippen LogP contribution in [0.5, 0.6) is 11.5 Å². The van der Waals surface area contributed by atoms with E-state index in [0.29, 0.717) is 51.2 Å². The predicted molar refractivity (Wildman–Crippen MR) is 142 cm³/mol. The molecule has 0 amide bonds. The average Bonchev–Trinajstić information content (AvgIpc) is 2.84. The lowest BCUT2D eigenvalue weighted by Crippen LogP contribution is -2.36. The zero-order valence-corrected chi connectivity index (χ0v) is 23.0. The highest BCUT2D eigenvalue weighted by Crippen LogP contribution is 2.48. The van der Waals surface area contributed by atoms with Crippen LogP contribution in [0.2, 0.25) is 5.02 Å². The number of dihydropyridines is 1. The van der Waals surface area contributed by atoms with Crippen LogP contribution in [0.4, 0.5) is 0 Å². The Morgan fingerprint density at radius 2 is 1.92 bits per heavy atom. The number of ketones is 1. The first-order valence-corrected chi connectivity index (χ1v) is 13.1. The Labute approximate surface area is 224 Å². The van der Waals surface area contributed by atoms with Gasteiger partial charge in [-0.1, -0.05) is 30.7 Å². The molecule has 0 aromatic heterocycles. The molecule has 0 bridgehead atoms. The molecule has 2 aromatic carbocycles. The fraction of sp³-hybridized carbons (Fsp3) is 0.357. The Balaban J connectivity index is 1.84. The van der Waals surface area contributed by atoms with Gasteiger partial charge in [-0.05, 0) is 83.9 Å². The Morgan fingerprint density at radius 3 is 2.56 bits per heavy atom. The number of benzene rings is 2. The molecule has 2 N–H and O–H groups in total. The minimum Gasteiger partial charge on any atom is -0.503 e. The fourth-order valence-electron chi connectivity index (χ4n) is 4.86. The summed E-state index contributed by atoms with van der Waals surface area (Å²) in [6.07, 6.45) is 1.32. The molecule has 4 rings (SSSR count). The quantitative estimate of drug-likeness (QED) is 0.382. The number of esters is 1. The zero-order valence-electron chi connectivity index (χ0n) is 20.7. The van der Waals surface area contributed by atoms with Crippen LogP contribution in [-0.2, 0) is 14.3 Å². The highest BCUT2D eigenvalue weighted by molar-refractivity contribution is 9.10. The van der Waals surface area contributed by atoms with Crippen LogP contribution in [0, 0.1) is 0 Å². The average molecular weight is 575 g/mol. The maximum Gasteiger partial charge on any atom is 0.337 e. The van der Waals surface area contributed by atoms with Crippen molar-refractivity contribution in [3.05, 3.63) is 79.6 Å². The van der Waals surface area contributed by atoms with Gasteiger partial charge in [-0.15, -0.1) is 0 Å². The van der Waals surface area contributed by atoms with Crippen molar-refractivity contribution in [1.29, 1.82) is 0 Å². The van der Waals surface area contributed by atoms with E-state index < -0.39 is 11.9 Å². The number of nitrogens with one attached hydrogen (secondary N) is 1. The molecule has 2 aliphatic rings. The second-order valence-electron chi connectivity index (χ2n) is 9.25. The molecule has 0 saturated carbocycles. The molecule has 6 nitrogen and oxygen atoms in total. The fourth-order valence-corrected chi connectivity index (χ4v) is 5.44. The van der Waals surface area contributed by atoms with E-state index in [-0.39, 0.29) is 29.3 Å². The number of carbonyl (C=O) groups is 2. The van der Waals surface area contributed by atoms with E-state index in [1.807, 2.05) is 45.0 Å². The molecule has 0 fully saturated rings. The van der Waals surface area contributed by atoms with Gasteiger partial charge in [0.05, 0.1) is 23.3 Å². The third kappa shape index (κ3) is 5.04. The summed E-state index contributed by atoms with van der Waals surface area (Å²) in [5, 5.41) is 14.4. The van der Waals surface area contributed by atoms with E-state index in [2.05, 4.69) is 21.2 Å². The van der Waals surface area contributed by atoms with Gasteiger partial charge in [-0.2, -0.15) is 0 Å². The minimum atomic E-state index is -0.665. The van der Waals surface area contributed by atoms with Crippen LogP contribution in [0.3, 0.4) is 0 Å². The SMILES string of the molecule is CC[C@@H](C)OC(=O)C1=C(C)NC2=C(C(=O)C[C@H](c3ccc(Cl)cc3)C2)[C@H]1c1cc(Br)c(O)c(OC)c1. The first-order chi connectivity index (χ1) is 17.1. The molecule has 36 heavy (non-hydrogen) atoms. The molecule has 1 aliphatic heterocycles. The van der Waals surface area contributed by atoms with Crippen molar-refractivity contribution in [2.45, 2.75) is 58.0 Å². The van der Waals surface area contributed by atoms with Gasteiger partial charge in [-0.25, -0.2) is 4.79 Å². The molecule has 0 saturated heterocycles. The number of ether oxygens (including phenoxy) is 2. The van der Waals surface area contributed by atoms with Gasteiger partial charge in [-0.3, -0.25) is 4.79 Å². The number of hydrogen-bond donors (Lipinski definition) is 2. The van der Waals surface area contributed by atoms with Gasteiger partial charge in [0.2, 0.25) is 0 Å². The van der Waals surface area contributed by atoms with Crippen molar-refractivity contribution in [2.24, 2.45) is 0 Å². The maximum atomic E-state index is 13.7. The largest absolute Gasteiger partial charge is 0.503 e. The van der Waals surface area contributed by atoms with Gasteiger partial charge in [0, 0.05) is 34.3 Å². The van der Waals surface area contributed by atoms with Crippen molar-refractivity contribution in [1.82, 2.24) is 5.32 Å². The normalized spacial score (nSPS) is 20.6. The number of phenols is 1. The number of Topliss-reactive ketones (excluding diaryl/α,β-unsaturated/α-hetero) is 1. The predicted octanol–water partition coefficient (Wildman–Crippen LogP) is 6.52. The number of halogens is 2. The standard InChI is InChI=1S/C28H29BrClNO5/c1-5-14(2)36-28(34)24-15(3)31-21-11-17(16-6-8-19(30)9-7-16)12-22(32)26(21)25(24)18-10-20(29)27(33)23(13-18)35-4/h6-10,13-14,17,25,31,33H,5,11-12H2,1-4H3/t14-,17-,25+/m1/s1. The number of aromatic hydroxyl groups is 1. The molecule has 8 heteroatoms. The lowest BCUT2D eigenvalue weighted by atomic mass is 9.71. The molecule has 2 aromatic rings. The molecule has 0 unspecified atom stereocenters. The van der Waals surface area contributed by atoms with Gasteiger partial charge >= 0.3 is 5.97 Å². The number of carbonyl (C=O) groups excluding carboxylic acids is 2. The molecule has 0 radical (unpaired) electrons. The van der Waals surface area contributed by atoms with Gasteiger partial charge in [0.25, 0.3) is 0 Å². The summed E-state index contributed by atoms with van der Waals surface area (Å²) in [4.78, 5) is 27.1. The van der Waals surface area contributed by atoms with Gasteiger partial charge < -0.3 is 19.9 Å². The monoisotopic (exact) mass is 573 g/mol. The summed E-state index contributed by atoms with van der Waals surface area (Å²) in [5.74, 6) is -0.993. The molecule has 0 spiro atoms. The van der Waals surface area contributed by atoms with E-state index >= 15 is 0 Å². The lowest BCUT2D eigenvalue weighted by molar-refractivity contribution is -0.144. The minimum absolute atomic E-state index is 0.0100. The van der Waals surface area contributed by atoms with E-state index in [1.165, 1.54) is 7.11 Å².